The van der Waals surface area contributed by atoms with E-state index in [1.807, 2.05) is 55.0 Å². The largest absolute Gasteiger partial charge is 0.264 e. The zero-order chi connectivity index (χ0) is 38.3. The van der Waals surface area contributed by atoms with E-state index in [-0.39, 0.29) is 5.41 Å². The predicted molar refractivity (Wildman–Crippen MR) is 231 cm³/mol. The van der Waals surface area contributed by atoms with E-state index in [1.54, 1.807) is 0 Å². The molecule has 3 heterocycles. The number of fused-ring (bicyclic) bond motifs is 3. The molecule has 5 nitrogen and oxygen atoms in total. The van der Waals surface area contributed by atoms with E-state index in [4.69, 9.17) is 15.0 Å². The lowest BCUT2D eigenvalue weighted by atomic mass is 9.81. The Balaban J connectivity index is 1.17. The van der Waals surface area contributed by atoms with Gasteiger partial charge in [-0.25, -0.2) is 15.0 Å². The van der Waals surface area contributed by atoms with Crippen molar-refractivity contribution in [2.45, 2.75) is 19.3 Å². The SMILES string of the molecule is CC1(C)c2ccccc2-c2ccc(-c3cc(-c4cccnc4)cc(-c4nc(-c5cccc(-c6ccccc6)c5)nc(-c5cccc(-c6ccccn6)c5)n4)c3)cc21. The maximum atomic E-state index is 5.24. The molecule has 0 saturated carbocycles. The van der Waals surface area contributed by atoms with Crippen molar-refractivity contribution in [3.8, 4) is 89.9 Å². The fourth-order valence-corrected chi connectivity index (χ4v) is 8.09. The van der Waals surface area contributed by atoms with E-state index >= 15 is 0 Å². The molecule has 1 aliphatic rings. The first-order valence-electron chi connectivity index (χ1n) is 19.2. The normalized spacial score (nSPS) is 12.5. The van der Waals surface area contributed by atoms with Crippen LogP contribution >= 0.6 is 0 Å². The zero-order valence-corrected chi connectivity index (χ0v) is 31.6. The van der Waals surface area contributed by atoms with Crippen molar-refractivity contribution in [1.29, 1.82) is 0 Å². The Labute approximate surface area is 332 Å². The first-order valence-corrected chi connectivity index (χ1v) is 19.2. The molecule has 0 amide bonds. The van der Waals surface area contributed by atoms with Gasteiger partial charge in [-0.2, -0.15) is 0 Å². The summed E-state index contributed by atoms with van der Waals surface area (Å²) in [5.41, 5.74) is 16.2. The van der Waals surface area contributed by atoms with Gasteiger partial charge in [-0.3, -0.25) is 9.97 Å². The molecule has 5 heteroatoms. The minimum Gasteiger partial charge on any atom is -0.264 e. The molecule has 0 radical (unpaired) electrons. The van der Waals surface area contributed by atoms with Gasteiger partial charge in [-0.1, -0.05) is 129 Å². The lowest BCUT2D eigenvalue weighted by Gasteiger charge is -2.22. The fourth-order valence-electron chi connectivity index (χ4n) is 8.09. The molecule has 57 heavy (non-hydrogen) atoms. The highest BCUT2D eigenvalue weighted by Gasteiger charge is 2.35. The number of rotatable bonds is 7. The van der Waals surface area contributed by atoms with Crippen LogP contribution in [-0.2, 0) is 5.41 Å². The van der Waals surface area contributed by atoms with E-state index in [0.29, 0.717) is 17.5 Å². The molecule has 1 aliphatic carbocycles. The van der Waals surface area contributed by atoms with Gasteiger partial charge >= 0.3 is 0 Å². The van der Waals surface area contributed by atoms with Gasteiger partial charge < -0.3 is 0 Å². The van der Waals surface area contributed by atoms with Crippen molar-refractivity contribution in [2.75, 3.05) is 0 Å². The summed E-state index contributed by atoms with van der Waals surface area (Å²) in [6, 6.07) is 59.4. The van der Waals surface area contributed by atoms with Crippen molar-refractivity contribution >= 4 is 0 Å². The third kappa shape index (κ3) is 6.39. The second kappa shape index (κ2) is 14.0. The van der Waals surface area contributed by atoms with Gasteiger partial charge in [0.15, 0.2) is 17.5 Å². The molecular weight excluding hydrogens is 695 g/mol. The Hall–Kier alpha value is -7.37. The van der Waals surface area contributed by atoms with Crippen LogP contribution in [0, 0.1) is 0 Å². The van der Waals surface area contributed by atoms with Crippen LogP contribution in [0.25, 0.3) is 89.9 Å². The highest BCUT2D eigenvalue weighted by Crippen LogP contribution is 2.49. The Bertz CT molecular complexity index is 2820. The molecule has 10 rings (SSSR count). The first-order chi connectivity index (χ1) is 28.0. The minimum atomic E-state index is -0.123. The van der Waals surface area contributed by atoms with Gasteiger partial charge in [0, 0.05) is 51.8 Å². The summed E-state index contributed by atoms with van der Waals surface area (Å²) in [6.07, 6.45) is 5.53. The summed E-state index contributed by atoms with van der Waals surface area (Å²) in [5, 5.41) is 0. The van der Waals surface area contributed by atoms with E-state index in [1.165, 1.54) is 22.3 Å². The van der Waals surface area contributed by atoms with Gasteiger partial charge in [0.1, 0.15) is 0 Å². The Morgan fingerprint density at radius 2 is 0.912 bits per heavy atom. The van der Waals surface area contributed by atoms with Crippen molar-refractivity contribution in [1.82, 2.24) is 24.9 Å². The maximum Gasteiger partial charge on any atom is 0.164 e. The van der Waals surface area contributed by atoms with Crippen molar-refractivity contribution < 1.29 is 0 Å². The smallest absolute Gasteiger partial charge is 0.164 e. The number of aromatic nitrogens is 5. The van der Waals surface area contributed by atoms with E-state index < -0.39 is 0 Å². The molecule has 270 valence electrons. The molecule has 0 saturated heterocycles. The van der Waals surface area contributed by atoms with Crippen LogP contribution in [0.4, 0.5) is 0 Å². The van der Waals surface area contributed by atoms with Crippen LogP contribution in [0.15, 0.2) is 188 Å². The predicted octanol–water partition coefficient (Wildman–Crippen LogP) is 12.6. The summed E-state index contributed by atoms with van der Waals surface area (Å²) in [7, 11) is 0. The Kier molecular flexibility index (Phi) is 8.41. The van der Waals surface area contributed by atoms with Crippen LogP contribution in [0.1, 0.15) is 25.0 Å². The van der Waals surface area contributed by atoms with Crippen LogP contribution in [0.3, 0.4) is 0 Å². The Morgan fingerprint density at radius 3 is 1.65 bits per heavy atom. The average molecular weight is 732 g/mol. The molecule has 0 N–H and O–H groups in total. The van der Waals surface area contributed by atoms with Gasteiger partial charge in [0.05, 0.1) is 5.69 Å². The van der Waals surface area contributed by atoms with Gasteiger partial charge in [-0.05, 0) is 105 Å². The van der Waals surface area contributed by atoms with E-state index in [9.17, 15) is 0 Å². The summed E-state index contributed by atoms with van der Waals surface area (Å²) in [4.78, 5) is 24.7. The van der Waals surface area contributed by atoms with Gasteiger partial charge in [-0.15, -0.1) is 0 Å². The number of benzene rings is 6. The molecular formula is C52H37N5. The first kappa shape index (κ1) is 34.1. The van der Waals surface area contributed by atoms with Crippen LogP contribution in [0.5, 0.6) is 0 Å². The quantitative estimate of drug-likeness (QED) is 0.163. The minimum absolute atomic E-state index is 0.123. The second-order valence-electron chi connectivity index (χ2n) is 15.0. The van der Waals surface area contributed by atoms with Crippen LogP contribution in [-0.4, -0.2) is 24.9 Å². The summed E-state index contributed by atoms with van der Waals surface area (Å²) in [6.45, 7) is 4.64. The summed E-state index contributed by atoms with van der Waals surface area (Å²) in [5.74, 6) is 1.77. The van der Waals surface area contributed by atoms with Crippen molar-refractivity contribution in [3.63, 3.8) is 0 Å². The van der Waals surface area contributed by atoms with Gasteiger partial charge in [0.25, 0.3) is 0 Å². The van der Waals surface area contributed by atoms with Crippen molar-refractivity contribution in [3.05, 3.63) is 200 Å². The molecule has 0 spiro atoms. The standard InChI is InChI=1S/C52H37N5/c1-52(2)46-21-7-6-20-44(46)45-24-23-36(32-47(45)52)41-29-42(40-19-12-25-53-33-40)31-43(30-41)51-56-49(38-17-10-15-35(27-38)34-13-4-3-5-14-34)55-50(57-51)39-18-11-16-37(28-39)48-22-8-9-26-54-48/h3-33H,1-2H3. The third-order valence-electron chi connectivity index (χ3n) is 11.0. The zero-order valence-electron chi connectivity index (χ0n) is 31.6. The monoisotopic (exact) mass is 731 g/mol. The molecule has 3 aromatic heterocycles. The average Bonchev–Trinajstić information content (AvgIpc) is 3.52. The van der Waals surface area contributed by atoms with E-state index in [2.05, 4.69) is 157 Å². The second-order valence-corrected chi connectivity index (χ2v) is 15.0. The molecule has 0 bridgehead atoms. The molecule has 0 unspecified atom stereocenters. The number of hydrogen-bond acceptors (Lipinski definition) is 5. The van der Waals surface area contributed by atoms with Crippen LogP contribution < -0.4 is 0 Å². The summed E-state index contributed by atoms with van der Waals surface area (Å²) < 4.78 is 0. The van der Waals surface area contributed by atoms with Crippen molar-refractivity contribution in [2.24, 2.45) is 0 Å². The van der Waals surface area contributed by atoms with E-state index in [0.717, 1.165) is 61.3 Å². The molecule has 0 atom stereocenters. The Morgan fingerprint density at radius 1 is 0.351 bits per heavy atom. The van der Waals surface area contributed by atoms with Crippen LogP contribution in [0.2, 0.25) is 0 Å². The number of nitrogens with zero attached hydrogens (tertiary/aromatic N) is 5. The lowest BCUT2D eigenvalue weighted by molar-refractivity contribution is 0.660. The third-order valence-corrected chi connectivity index (χ3v) is 11.0. The fraction of sp³-hybridized carbons (Fsp3) is 0.0577. The van der Waals surface area contributed by atoms with Gasteiger partial charge in [0.2, 0.25) is 0 Å². The topological polar surface area (TPSA) is 64.5 Å². The highest BCUT2D eigenvalue weighted by atomic mass is 15.0. The summed E-state index contributed by atoms with van der Waals surface area (Å²) >= 11 is 0. The lowest BCUT2D eigenvalue weighted by Crippen LogP contribution is -2.14. The highest BCUT2D eigenvalue weighted by molar-refractivity contribution is 5.86. The molecule has 0 fully saturated rings. The molecule has 6 aromatic carbocycles. The number of hydrogen-bond donors (Lipinski definition) is 0. The number of pyridine rings is 2. The molecule has 0 aliphatic heterocycles. The maximum absolute atomic E-state index is 5.24. The molecule has 9 aromatic rings.